The lowest BCUT2D eigenvalue weighted by Crippen LogP contribution is -2.42. The Hall–Kier alpha value is -1.78. The van der Waals surface area contributed by atoms with Gasteiger partial charge in [0.05, 0.1) is 6.61 Å². The van der Waals surface area contributed by atoms with Gasteiger partial charge in [-0.25, -0.2) is 9.18 Å². The van der Waals surface area contributed by atoms with Crippen LogP contribution in [0.2, 0.25) is 0 Å². The maximum absolute atomic E-state index is 13.7. The van der Waals surface area contributed by atoms with Crippen molar-refractivity contribution in [1.82, 2.24) is 10.6 Å². The molecule has 1 aromatic rings. The van der Waals surface area contributed by atoms with Gasteiger partial charge in [-0.05, 0) is 37.5 Å². The fraction of sp³-hybridized carbons (Fsp3) is 0.562. The minimum absolute atomic E-state index is 0.184. The number of carbonyl (C=O) groups is 1. The van der Waals surface area contributed by atoms with Crippen LogP contribution in [0.3, 0.4) is 0 Å². The van der Waals surface area contributed by atoms with Gasteiger partial charge in [0.25, 0.3) is 0 Å². The van der Waals surface area contributed by atoms with Crippen LogP contribution in [-0.2, 0) is 6.54 Å². The SMILES string of the molecule is CCOc1ccc(CNC(=O)NC2CCCCC2)cc1F. The number of halogens is 1. The molecule has 2 rings (SSSR count). The van der Waals surface area contributed by atoms with Crippen molar-refractivity contribution in [3.05, 3.63) is 29.6 Å². The molecule has 0 heterocycles. The maximum atomic E-state index is 13.7. The molecular weight excluding hydrogens is 271 g/mol. The molecule has 0 radical (unpaired) electrons. The highest BCUT2D eigenvalue weighted by atomic mass is 19.1. The number of rotatable bonds is 5. The summed E-state index contributed by atoms with van der Waals surface area (Å²) in [5.41, 5.74) is 0.717. The number of ether oxygens (including phenoxy) is 1. The molecule has 1 aliphatic rings. The molecule has 0 unspecified atom stereocenters. The first-order valence-electron chi connectivity index (χ1n) is 7.64. The van der Waals surface area contributed by atoms with Gasteiger partial charge in [0.15, 0.2) is 11.6 Å². The standard InChI is InChI=1S/C16H23FN2O2/c1-2-21-15-9-8-12(10-14(15)17)11-18-16(20)19-13-6-4-3-5-7-13/h8-10,13H,2-7,11H2,1H3,(H2,18,19,20). The second-order valence-electron chi connectivity index (χ2n) is 5.36. The molecule has 1 fully saturated rings. The number of carbonyl (C=O) groups excluding carboxylic acids is 1. The van der Waals surface area contributed by atoms with Gasteiger partial charge in [0.1, 0.15) is 0 Å². The van der Waals surface area contributed by atoms with E-state index in [4.69, 9.17) is 4.74 Å². The molecule has 0 aromatic heterocycles. The molecule has 0 atom stereocenters. The summed E-state index contributed by atoms with van der Waals surface area (Å²) in [6, 6.07) is 4.84. The lowest BCUT2D eigenvalue weighted by atomic mass is 9.96. The second-order valence-corrected chi connectivity index (χ2v) is 5.36. The minimum Gasteiger partial charge on any atom is -0.491 e. The highest BCUT2D eigenvalue weighted by Gasteiger charge is 2.15. The van der Waals surface area contributed by atoms with E-state index in [1.54, 1.807) is 12.1 Å². The topological polar surface area (TPSA) is 50.4 Å². The average molecular weight is 294 g/mol. The first-order valence-corrected chi connectivity index (χ1v) is 7.64. The molecule has 116 valence electrons. The highest BCUT2D eigenvalue weighted by Crippen LogP contribution is 2.19. The van der Waals surface area contributed by atoms with Gasteiger partial charge in [0.2, 0.25) is 0 Å². The molecule has 2 amide bonds. The third-order valence-corrected chi connectivity index (χ3v) is 3.69. The lowest BCUT2D eigenvalue weighted by molar-refractivity contribution is 0.232. The number of hydrogen-bond acceptors (Lipinski definition) is 2. The van der Waals surface area contributed by atoms with E-state index in [2.05, 4.69) is 10.6 Å². The number of nitrogens with one attached hydrogen (secondary N) is 2. The van der Waals surface area contributed by atoms with E-state index in [9.17, 15) is 9.18 Å². The van der Waals surface area contributed by atoms with E-state index in [0.29, 0.717) is 13.2 Å². The van der Waals surface area contributed by atoms with E-state index in [1.807, 2.05) is 6.92 Å². The zero-order valence-electron chi connectivity index (χ0n) is 12.5. The second kappa shape index (κ2) is 7.86. The first-order chi connectivity index (χ1) is 10.2. The van der Waals surface area contributed by atoms with Gasteiger partial charge in [0, 0.05) is 12.6 Å². The van der Waals surface area contributed by atoms with Crippen molar-refractivity contribution < 1.29 is 13.9 Å². The summed E-state index contributed by atoms with van der Waals surface area (Å²) < 4.78 is 18.8. The molecule has 0 aliphatic heterocycles. The van der Waals surface area contributed by atoms with Crippen molar-refractivity contribution in [2.75, 3.05) is 6.61 Å². The smallest absolute Gasteiger partial charge is 0.315 e. The van der Waals surface area contributed by atoms with Gasteiger partial charge in [-0.3, -0.25) is 0 Å². The molecule has 4 nitrogen and oxygen atoms in total. The zero-order chi connectivity index (χ0) is 15.1. The molecule has 1 aromatic carbocycles. The Labute approximate surface area is 125 Å². The normalized spacial score (nSPS) is 15.5. The molecular formula is C16H23FN2O2. The van der Waals surface area contributed by atoms with Crippen molar-refractivity contribution in [2.45, 2.75) is 51.6 Å². The average Bonchev–Trinajstić information content (AvgIpc) is 2.49. The van der Waals surface area contributed by atoms with Crippen molar-refractivity contribution in [3.8, 4) is 5.75 Å². The highest BCUT2D eigenvalue weighted by molar-refractivity contribution is 5.74. The molecule has 1 aliphatic carbocycles. The quantitative estimate of drug-likeness (QED) is 0.875. The number of amides is 2. The molecule has 5 heteroatoms. The van der Waals surface area contributed by atoms with E-state index >= 15 is 0 Å². The Balaban J connectivity index is 1.79. The Kier molecular flexibility index (Phi) is 5.84. The predicted octanol–water partition coefficient (Wildman–Crippen LogP) is 3.36. The van der Waals surface area contributed by atoms with Crippen LogP contribution >= 0.6 is 0 Å². The van der Waals surface area contributed by atoms with Crippen molar-refractivity contribution in [2.24, 2.45) is 0 Å². The number of benzene rings is 1. The summed E-state index contributed by atoms with van der Waals surface area (Å²) in [6.45, 7) is 2.55. The van der Waals surface area contributed by atoms with E-state index < -0.39 is 5.82 Å². The summed E-state index contributed by atoms with van der Waals surface area (Å²) >= 11 is 0. The summed E-state index contributed by atoms with van der Waals surface area (Å²) in [5.74, 6) is -0.156. The van der Waals surface area contributed by atoms with Gasteiger partial charge < -0.3 is 15.4 Å². The van der Waals surface area contributed by atoms with Crippen LogP contribution in [0.5, 0.6) is 5.75 Å². The third-order valence-electron chi connectivity index (χ3n) is 3.69. The molecule has 2 N–H and O–H groups in total. The van der Waals surface area contributed by atoms with Crippen LogP contribution in [0.1, 0.15) is 44.6 Å². The Bertz CT molecular complexity index is 473. The summed E-state index contributed by atoms with van der Waals surface area (Å²) in [7, 11) is 0. The first kappa shape index (κ1) is 15.6. The fourth-order valence-corrected chi connectivity index (χ4v) is 2.59. The number of urea groups is 1. The minimum atomic E-state index is -0.399. The molecule has 0 bridgehead atoms. The number of hydrogen-bond donors (Lipinski definition) is 2. The summed E-state index contributed by atoms with van der Waals surface area (Å²) in [4.78, 5) is 11.8. The largest absolute Gasteiger partial charge is 0.491 e. The Morgan fingerprint density at radius 3 is 2.76 bits per heavy atom. The van der Waals surface area contributed by atoms with Gasteiger partial charge in [-0.15, -0.1) is 0 Å². The van der Waals surface area contributed by atoms with Crippen molar-refractivity contribution in [1.29, 1.82) is 0 Å². The van der Waals surface area contributed by atoms with Crippen LogP contribution in [0, 0.1) is 5.82 Å². The zero-order valence-corrected chi connectivity index (χ0v) is 12.5. The fourth-order valence-electron chi connectivity index (χ4n) is 2.59. The van der Waals surface area contributed by atoms with Crippen LogP contribution in [0.4, 0.5) is 9.18 Å². The molecule has 21 heavy (non-hydrogen) atoms. The summed E-state index contributed by atoms with van der Waals surface area (Å²) in [6.07, 6.45) is 5.70. The molecule has 0 spiro atoms. The lowest BCUT2D eigenvalue weighted by Gasteiger charge is -2.22. The van der Waals surface area contributed by atoms with Crippen molar-refractivity contribution >= 4 is 6.03 Å². The van der Waals surface area contributed by atoms with Crippen LogP contribution < -0.4 is 15.4 Å². The van der Waals surface area contributed by atoms with E-state index in [1.165, 1.54) is 25.3 Å². The predicted molar refractivity (Wildman–Crippen MR) is 79.8 cm³/mol. The van der Waals surface area contributed by atoms with Gasteiger partial charge >= 0.3 is 6.03 Å². The Morgan fingerprint density at radius 1 is 1.33 bits per heavy atom. The van der Waals surface area contributed by atoms with Gasteiger partial charge in [-0.2, -0.15) is 0 Å². The van der Waals surface area contributed by atoms with Crippen LogP contribution in [0.25, 0.3) is 0 Å². The monoisotopic (exact) mass is 294 g/mol. The van der Waals surface area contributed by atoms with Crippen LogP contribution in [-0.4, -0.2) is 18.7 Å². The molecule has 0 saturated heterocycles. The van der Waals surface area contributed by atoms with Crippen LogP contribution in [0.15, 0.2) is 18.2 Å². The summed E-state index contributed by atoms with van der Waals surface area (Å²) in [5, 5.41) is 5.73. The Morgan fingerprint density at radius 2 is 2.10 bits per heavy atom. The van der Waals surface area contributed by atoms with Gasteiger partial charge in [-0.1, -0.05) is 25.3 Å². The van der Waals surface area contributed by atoms with Crippen molar-refractivity contribution in [3.63, 3.8) is 0 Å². The third kappa shape index (κ3) is 4.92. The maximum Gasteiger partial charge on any atom is 0.315 e. The van der Waals surface area contributed by atoms with E-state index in [0.717, 1.165) is 18.4 Å². The van der Waals surface area contributed by atoms with E-state index in [-0.39, 0.29) is 17.8 Å². The molecule has 1 saturated carbocycles.